The molecule has 8 heteroatoms. The van der Waals surface area contributed by atoms with Crippen LogP contribution >= 0.6 is 11.6 Å². The van der Waals surface area contributed by atoms with E-state index in [4.69, 9.17) is 16.6 Å². The minimum atomic E-state index is 0.238. The van der Waals surface area contributed by atoms with Crippen molar-refractivity contribution < 1.29 is 5.11 Å². The van der Waals surface area contributed by atoms with Crippen molar-refractivity contribution in [1.29, 1.82) is 0 Å². The summed E-state index contributed by atoms with van der Waals surface area (Å²) in [5.41, 5.74) is 6.30. The molecular formula is C27H29ClN6O. The lowest BCUT2D eigenvalue weighted by molar-refractivity contribution is 0.403. The van der Waals surface area contributed by atoms with Gasteiger partial charge in [0.25, 0.3) is 0 Å². The van der Waals surface area contributed by atoms with Crippen LogP contribution in [-0.4, -0.2) is 44.6 Å². The number of nitrogens with zero attached hydrogens (tertiary/aromatic N) is 5. The average molecular weight is 489 g/mol. The molecule has 0 radical (unpaired) electrons. The molecule has 0 amide bonds. The second-order valence-electron chi connectivity index (χ2n) is 9.63. The van der Waals surface area contributed by atoms with Crippen molar-refractivity contribution in [3.8, 4) is 5.75 Å². The summed E-state index contributed by atoms with van der Waals surface area (Å²) in [6, 6.07) is 11.7. The molecule has 2 aromatic heterocycles. The van der Waals surface area contributed by atoms with E-state index in [1.54, 1.807) is 12.1 Å². The molecule has 0 bridgehead atoms. The molecule has 4 heterocycles. The summed E-state index contributed by atoms with van der Waals surface area (Å²) in [6.45, 7) is 7.31. The molecule has 1 fully saturated rings. The average Bonchev–Trinajstić information content (AvgIpc) is 3.36. The lowest BCUT2D eigenvalue weighted by Gasteiger charge is -2.40. The maximum Gasteiger partial charge on any atom is 0.206 e. The van der Waals surface area contributed by atoms with Gasteiger partial charge in [0, 0.05) is 30.3 Å². The van der Waals surface area contributed by atoms with E-state index in [1.165, 1.54) is 18.5 Å². The number of nitrogens with one attached hydrogen (secondary N) is 1. The maximum atomic E-state index is 9.79. The normalized spacial score (nSPS) is 20.9. The highest BCUT2D eigenvalue weighted by atomic mass is 35.5. The molecular weight excluding hydrogens is 460 g/mol. The highest BCUT2D eigenvalue weighted by Gasteiger charge is 2.46. The van der Waals surface area contributed by atoms with Crippen molar-refractivity contribution in [1.82, 2.24) is 14.5 Å². The predicted molar refractivity (Wildman–Crippen MR) is 142 cm³/mol. The zero-order chi connectivity index (χ0) is 24.3. The summed E-state index contributed by atoms with van der Waals surface area (Å²) < 4.78 is 2.29. The van der Waals surface area contributed by atoms with Gasteiger partial charge in [-0.1, -0.05) is 37.1 Å². The fourth-order valence-corrected chi connectivity index (χ4v) is 5.80. The molecule has 1 saturated carbocycles. The number of aromatic nitrogens is 2. The van der Waals surface area contributed by atoms with Gasteiger partial charge in [-0.3, -0.25) is 0 Å². The van der Waals surface area contributed by atoms with Gasteiger partial charge in [-0.25, -0.2) is 9.98 Å². The summed E-state index contributed by atoms with van der Waals surface area (Å²) in [5, 5.41) is 13.9. The molecule has 0 saturated heterocycles. The van der Waals surface area contributed by atoms with Crippen LogP contribution in [0.3, 0.4) is 0 Å². The van der Waals surface area contributed by atoms with Crippen LogP contribution in [0.2, 0.25) is 5.15 Å². The van der Waals surface area contributed by atoms with Gasteiger partial charge < -0.3 is 24.8 Å². The monoisotopic (exact) mass is 488 g/mol. The van der Waals surface area contributed by atoms with Crippen LogP contribution in [0.15, 0.2) is 54.2 Å². The molecule has 2 N–H and O–H groups in total. The standard InChI is InChI=1S/C27H29ClN6O/c1-16-24-25(34-22-7-5-4-6-21(22)31-27(34)32(16)3)17(2)33(15-18-8-13-23(28)29-14-18)26(24)30-19-9-11-20(35)12-10-19/h8-14,21-22,30,35H,1,4-7,15H2,2-3H3. The van der Waals surface area contributed by atoms with Gasteiger partial charge in [0.15, 0.2) is 0 Å². The Balaban J connectivity index is 1.52. The first-order valence-corrected chi connectivity index (χ1v) is 12.5. The van der Waals surface area contributed by atoms with Crippen molar-refractivity contribution in [3.63, 3.8) is 0 Å². The fourth-order valence-electron chi connectivity index (χ4n) is 5.69. The van der Waals surface area contributed by atoms with E-state index in [0.717, 1.165) is 52.8 Å². The van der Waals surface area contributed by atoms with Crippen molar-refractivity contribution in [2.24, 2.45) is 4.99 Å². The van der Waals surface area contributed by atoms with E-state index in [2.05, 4.69) is 45.2 Å². The molecule has 180 valence electrons. The van der Waals surface area contributed by atoms with Gasteiger partial charge in [-0.05, 0) is 55.7 Å². The number of phenolic OH excluding ortho intramolecular Hbond substituents is 1. The Hall–Kier alpha value is -3.45. The van der Waals surface area contributed by atoms with E-state index < -0.39 is 0 Å². The highest BCUT2D eigenvalue weighted by molar-refractivity contribution is 6.29. The minimum Gasteiger partial charge on any atom is -0.508 e. The third-order valence-electron chi connectivity index (χ3n) is 7.51. The molecule has 1 aromatic carbocycles. The van der Waals surface area contributed by atoms with Crippen LogP contribution in [0, 0.1) is 6.92 Å². The van der Waals surface area contributed by atoms with Crippen molar-refractivity contribution in [3.05, 3.63) is 71.1 Å². The molecule has 7 nitrogen and oxygen atoms in total. The number of aliphatic imine (C=N–C) groups is 1. The van der Waals surface area contributed by atoms with E-state index in [9.17, 15) is 5.11 Å². The highest BCUT2D eigenvalue weighted by Crippen LogP contribution is 2.49. The number of hydrogen-bond donors (Lipinski definition) is 2. The number of phenols is 1. The van der Waals surface area contributed by atoms with Gasteiger partial charge in [-0.2, -0.15) is 0 Å². The Morgan fingerprint density at radius 2 is 1.91 bits per heavy atom. The molecule has 3 aromatic rings. The number of anilines is 3. The summed E-state index contributed by atoms with van der Waals surface area (Å²) in [7, 11) is 2.06. The lowest BCUT2D eigenvalue weighted by Crippen LogP contribution is -2.49. The number of guanidine groups is 1. The molecule has 2 atom stereocenters. The van der Waals surface area contributed by atoms with Gasteiger partial charge in [0.05, 0.1) is 29.9 Å². The first-order chi connectivity index (χ1) is 16.9. The number of hydrogen-bond acceptors (Lipinski definition) is 6. The van der Waals surface area contributed by atoms with Gasteiger partial charge in [0.1, 0.15) is 16.7 Å². The summed E-state index contributed by atoms with van der Waals surface area (Å²) >= 11 is 6.05. The third kappa shape index (κ3) is 3.57. The largest absolute Gasteiger partial charge is 0.508 e. The molecule has 3 aliphatic rings. The number of rotatable bonds is 4. The molecule has 2 aliphatic heterocycles. The molecule has 0 spiro atoms. The molecule has 2 unspecified atom stereocenters. The summed E-state index contributed by atoms with van der Waals surface area (Å²) in [6.07, 6.45) is 6.57. The maximum absolute atomic E-state index is 9.79. The Morgan fingerprint density at radius 3 is 2.66 bits per heavy atom. The summed E-state index contributed by atoms with van der Waals surface area (Å²) in [5.74, 6) is 2.21. The number of aromatic hydroxyl groups is 1. The Bertz CT molecular complexity index is 1330. The van der Waals surface area contributed by atoms with Crippen LogP contribution in [0.1, 0.15) is 42.5 Å². The van der Waals surface area contributed by atoms with E-state index in [0.29, 0.717) is 23.8 Å². The van der Waals surface area contributed by atoms with Crippen molar-refractivity contribution >= 4 is 40.5 Å². The van der Waals surface area contributed by atoms with Crippen LogP contribution in [0.5, 0.6) is 5.75 Å². The lowest BCUT2D eigenvalue weighted by atomic mass is 9.90. The van der Waals surface area contributed by atoms with E-state index >= 15 is 0 Å². The Labute approximate surface area is 210 Å². The number of halogens is 1. The minimum absolute atomic E-state index is 0.238. The fraction of sp³-hybridized carbons (Fsp3) is 0.333. The quantitative estimate of drug-likeness (QED) is 0.361. The smallest absolute Gasteiger partial charge is 0.206 e. The molecule has 1 aliphatic carbocycles. The Kier molecular flexibility index (Phi) is 5.25. The zero-order valence-electron chi connectivity index (χ0n) is 20.0. The van der Waals surface area contributed by atoms with Crippen LogP contribution in [0.25, 0.3) is 5.70 Å². The Morgan fingerprint density at radius 1 is 1.14 bits per heavy atom. The first-order valence-electron chi connectivity index (χ1n) is 12.1. The van der Waals surface area contributed by atoms with E-state index in [-0.39, 0.29) is 5.75 Å². The number of pyridine rings is 1. The van der Waals surface area contributed by atoms with Gasteiger partial charge >= 0.3 is 0 Å². The SMILES string of the molecule is C=C1c2c(c(C)n(Cc3ccc(Cl)nc3)c2Nc2ccc(O)cc2)N2C(=NC3CCCCC32)N1C. The van der Waals surface area contributed by atoms with Gasteiger partial charge in [-0.15, -0.1) is 0 Å². The molecule has 6 rings (SSSR count). The van der Waals surface area contributed by atoms with Crippen LogP contribution in [-0.2, 0) is 6.54 Å². The first kappa shape index (κ1) is 22.0. The van der Waals surface area contributed by atoms with Crippen LogP contribution < -0.4 is 10.2 Å². The predicted octanol–water partition coefficient (Wildman–Crippen LogP) is 5.75. The number of benzene rings is 1. The van der Waals surface area contributed by atoms with Crippen LogP contribution in [0.4, 0.5) is 17.2 Å². The summed E-state index contributed by atoms with van der Waals surface area (Å²) in [4.78, 5) is 14.0. The van der Waals surface area contributed by atoms with Crippen molar-refractivity contribution in [2.45, 2.75) is 51.2 Å². The van der Waals surface area contributed by atoms with Crippen molar-refractivity contribution in [2.75, 3.05) is 17.3 Å². The topological polar surface area (TPSA) is 68.9 Å². The number of fused-ring (bicyclic) bond motifs is 5. The third-order valence-corrected chi connectivity index (χ3v) is 7.73. The second kappa shape index (κ2) is 8.34. The van der Waals surface area contributed by atoms with Gasteiger partial charge in [0.2, 0.25) is 5.96 Å². The van der Waals surface area contributed by atoms with E-state index in [1.807, 2.05) is 30.5 Å². The molecule has 35 heavy (non-hydrogen) atoms. The zero-order valence-corrected chi connectivity index (χ0v) is 20.8. The second-order valence-corrected chi connectivity index (χ2v) is 10.0.